The van der Waals surface area contributed by atoms with Gasteiger partial charge in [0.05, 0.1) is 23.1 Å². The first-order valence-electron chi connectivity index (χ1n) is 9.12. The first-order valence-corrected chi connectivity index (χ1v) is 9.88. The Morgan fingerprint density at radius 1 is 1.21 bits per heavy atom. The fourth-order valence-corrected chi connectivity index (χ4v) is 3.91. The smallest absolute Gasteiger partial charge is 0.325 e. The van der Waals surface area contributed by atoms with Gasteiger partial charge in [-0.15, -0.1) is 0 Å². The number of rotatable bonds is 4. The van der Waals surface area contributed by atoms with E-state index in [1.165, 1.54) is 13.2 Å². The van der Waals surface area contributed by atoms with Gasteiger partial charge >= 0.3 is 12.0 Å². The van der Waals surface area contributed by atoms with E-state index in [1.54, 1.807) is 24.0 Å². The highest BCUT2D eigenvalue weighted by atomic mass is 35.5. The molecule has 156 valence electrons. The zero-order chi connectivity index (χ0) is 21.3. The van der Waals surface area contributed by atoms with Crippen LogP contribution in [0.2, 0.25) is 10.0 Å². The van der Waals surface area contributed by atoms with Gasteiger partial charge in [-0.1, -0.05) is 29.3 Å². The summed E-state index contributed by atoms with van der Waals surface area (Å²) in [7, 11) is 1.34. The number of ether oxygens (including phenoxy) is 1. The van der Waals surface area contributed by atoms with E-state index in [0.717, 1.165) is 4.90 Å². The molecule has 1 N–H and O–H groups in total. The molecule has 0 saturated carbocycles. The number of methoxy groups -OCH3 is 1. The van der Waals surface area contributed by atoms with Gasteiger partial charge in [0.2, 0.25) is 5.91 Å². The fourth-order valence-electron chi connectivity index (χ4n) is 3.61. The summed E-state index contributed by atoms with van der Waals surface area (Å²) in [6.45, 7) is 1.92. The van der Waals surface area contributed by atoms with Gasteiger partial charge in [-0.2, -0.15) is 0 Å². The number of nitrogens with one attached hydrogen (secondary N) is 1. The molecule has 2 fully saturated rings. The Labute approximate surface area is 178 Å². The van der Waals surface area contributed by atoms with Crippen molar-refractivity contribution in [2.45, 2.75) is 25.3 Å². The van der Waals surface area contributed by atoms with Crippen LogP contribution in [0, 0.1) is 5.92 Å². The Bertz CT molecular complexity index is 869. The second kappa shape index (κ2) is 8.20. The van der Waals surface area contributed by atoms with Crippen LogP contribution >= 0.6 is 23.2 Å². The largest absolute Gasteiger partial charge is 0.469 e. The molecule has 29 heavy (non-hydrogen) atoms. The highest BCUT2D eigenvalue weighted by molar-refractivity contribution is 6.42. The Hall–Kier alpha value is -2.32. The molecule has 2 aliphatic rings. The molecule has 8 nitrogen and oxygen atoms in total. The lowest BCUT2D eigenvalue weighted by atomic mass is 9.92. The van der Waals surface area contributed by atoms with Gasteiger partial charge in [-0.25, -0.2) is 4.79 Å². The molecule has 0 aliphatic carbocycles. The molecule has 10 heteroatoms. The lowest BCUT2D eigenvalue weighted by Gasteiger charge is -2.31. The maximum absolute atomic E-state index is 13.0. The van der Waals surface area contributed by atoms with Crippen molar-refractivity contribution in [2.75, 3.05) is 26.7 Å². The van der Waals surface area contributed by atoms with Gasteiger partial charge in [0.25, 0.3) is 5.91 Å². The van der Waals surface area contributed by atoms with Gasteiger partial charge in [0.1, 0.15) is 12.1 Å². The normalized spacial score (nSPS) is 22.6. The number of carbonyl (C=O) groups excluding carboxylic acids is 4. The number of hydrogen-bond donors (Lipinski definition) is 1. The highest BCUT2D eigenvalue weighted by Crippen LogP contribution is 2.33. The maximum atomic E-state index is 13.0. The maximum Gasteiger partial charge on any atom is 0.325 e. The number of benzene rings is 1. The molecule has 1 aromatic carbocycles. The molecule has 4 amide bonds. The number of imide groups is 1. The minimum atomic E-state index is -1.34. The van der Waals surface area contributed by atoms with Crippen LogP contribution in [0.3, 0.4) is 0 Å². The van der Waals surface area contributed by atoms with E-state index in [0.29, 0.717) is 36.5 Å². The zero-order valence-corrected chi connectivity index (χ0v) is 17.5. The Balaban J connectivity index is 1.68. The lowest BCUT2D eigenvalue weighted by Crippen LogP contribution is -2.47. The zero-order valence-electron chi connectivity index (χ0n) is 16.0. The van der Waals surface area contributed by atoms with Crippen molar-refractivity contribution in [3.8, 4) is 0 Å². The van der Waals surface area contributed by atoms with E-state index in [9.17, 15) is 19.2 Å². The predicted molar refractivity (Wildman–Crippen MR) is 105 cm³/mol. The van der Waals surface area contributed by atoms with E-state index in [-0.39, 0.29) is 29.4 Å². The number of nitrogens with zero attached hydrogens (tertiary/aromatic N) is 2. The number of piperidine rings is 1. The lowest BCUT2D eigenvalue weighted by molar-refractivity contribution is -0.149. The van der Waals surface area contributed by atoms with E-state index in [4.69, 9.17) is 27.9 Å². The molecule has 0 radical (unpaired) electrons. The molecule has 0 spiro atoms. The van der Waals surface area contributed by atoms with Crippen molar-refractivity contribution in [3.05, 3.63) is 33.8 Å². The quantitative estimate of drug-likeness (QED) is 0.570. The van der Waals surface area contributed by atoms with Gasteiger partial charge < -0.3 is 15.0 Å². The number of amides is 4. The van der Waals surface area contributed by atoms with Crippen molar-refractivity contribution in [1.29, 1.82) is 0 Å². The Morgan fingerprint density at radius 2 is 1.86 bits per heavy atom. The van der Waals surface area contributed by atoms with E-state index in [2.05, 4.69) is 5.32 Å². The average molecular weight is 442 g/mol. The SMILES string of the molecule is COC(=O)C1CCN(C(=O)CN2C(=O)N[C@@](C)(c3ccc(Cl)c(Cl)c3)C2=O)CC1. The number of carbonyl (C=O) groups is 4. The summed E-state index contributed by atoms with van der Waals surface area (Å²) >= 11 is 12.0. The van der Waals surface area contributed by atoms with Crippen LogP contribution in [0.5, 0.6) is 0 Å². The van der Waals surface area contributed by atoms with Crippen LogP contribution in [0.1, 0.15) is 25.3 Å². The summed E-state index contributed by atoms with van der Waals surface area (Å²) in [6, 6.07) is 4.02. The number of halogens is 2. The topological polar surface area (TPSA) is 96.0 Å². The molecule has 3 rings (SSSR count). The van der Waals surface area contributed by atoms with Crippen LogP contribution in [-0.4, -0.2) is 60.4 Å². The number of hydrogen-bond acceptors (Lipinski definition) is 5. The van der Waals surface area contributed by atoms with E-state index < -0.39 is 17.5 Å². The molecule has 1 aromatic rings. The third-order valence-electron chi connectivity index (χ3n) is 5.45. The molecule has 0 bridgehead atoms. The molecular weight excluding hydrogens is 421 g/mol. The highest BCUT2D eigenvalue weighted by Gasteiger charge is 2.50. The minimum Gasteiger partial charge on any atom is -0.469 e. The summed E-state index contributed by atoms with van der Waals surface area (Å²) in [5.41, 5.74) is -0.872. The van der Waals surface area contributed by atoms with E-state index in [1.807, 2.05) is 0 Å². The van der Waals surface area contributed by atoms with Gasteiger partial charge in [-0.05, 0) is 37.5 Å². The summed E-state index contributed by atoms with van der Waals surface area (Å²) in [5, 5.41) is 3.23. The molecule has 1 atom stereocenters. The first kappa shape index (κ1) is 21.4. The van der Waals surface area contributed by atoms with Crippen molar-refractivity contribution in [3.63, 3.8) is 0 Å². The third-order valence-corrected chi connectivity index (χ3v) is 6.19. The first-order chi connectivity index (χ1) is 13.7. The molecule has 0 unspecified atom stereocenters. The molecule has 0 aromatic heterocycles. The van der Waals surface area contributed by atoms with E-state index >= 15 is 0 Å². The van der Waals surface area contributed by atoms with Crippen LogP contribution in [0.4, 0.5) is 4.79 Å². The van der Waals surface area contributed by atoms with Crippen LogP contribution in [-0.2, 0) is 24.7 Å². The monoisotopic (exact) mass is 441 g/mol. The molecule has 2 aliphatic heterocycles. The molecule has 2 saturated heterocycles. The second-order valence-corrected chi connectivity index (χ2v) is 8.07. The molecule has 2 heterocycles. The Kier molecular flexibility index (Phi) is 6.05. The second-order valence-electron chi connectivity index (χ2n) is 7.25. The van der Waals surface area contributed by atoms with Gasteiger partial charge in [0, 0.05) is 13.1 Å². The standard InChI is InChI=1S/C19H21Cl2N3O5/c1-19(12-3-4-13(20)14(21)9-12)17(27)24(18(28)22-19)10-15(25)23-7-5-11(6-8-23)16(26)29-2/h3-4,9,11H,5-8,10H2,1-2H3,(H,22,28)/t19-/m0/s1. The van der Waals surface area contributed by atoms with Gasteiger partial charge in [0.15, 0.2) is 0 Å². The number of urea groups is 1. The third kappa shape index (κ3) is 4.04. The predicted octanol–water partition coefficient (Wildman–Crippen LogP) is 2.17. The van der Waals surface area contributed by atoms with Crippen LogP contribution < -0.4 is 5.32 Å². The van der Waals surface area contributed by atoms with Crippen LogP contribution in [0.15, 0.2) is 18.2 Å². The molecular formula is C19H21Cl2N3O5. The van der Waals surface area contributed by atoms with Gasteiger partial charge in [-0.3, -0.25) is 19.3 Å². The van der Waals surface area contributed by atoms with Crippen LogP contribution in [0.25, 0.3) is 0 Å². The Morgan fingerprint density at radius 3 is 2.45 bits per heavy atom. The fraction of sp³-hybridized carbons (Fsp3) is 0.474. The minimum absolute atomic E-state index is 0.237. The summed E-state index contributed by atoms with van der Waals surface area (Å²) in [4.78, 5) is 52.1. The van der Waals surface area contributed by atoms with Crippen molar-refractivity contribution >= 4 is 47.0 Å². The number of likely N-dealkylation sites (tertiary alicyclic amines) is 1. The van der Waals surface area contributed by atoms with Crippen molar-refractivity contribution in [2.24, 2.45) is 5.92 Å². The summed E-state index contributed by atoms with van der Waals surface area (Å²) in [6.07, 6.45) is 0.971. The summed E-state index contributed by atoms with van der Waals surface area (Å²) in [5.74, 6) is -1.42. The van der Waals surface area contributed by atoms with Crippen molar-refractivity contribution in [1.82, 2.24) is 15.1 Å². The van der Waals surface area contributed by atoms with Crippen molar-refractivity contribution < 1.29 is 23.9 Å². The number of esters is 1. The average Bonchev–Trinajstić information content (AvgIpc) is 2.93. The summed E-state index contributed by atoms with van der Waals surface area (Å²) < 4.78 is 4.74.